The second kappa shape index (κ2) is 3.99. The highest BCUT2D eigenvalue weighted by Gasteiger charge is 2.94. The van der Waals surface area contributed by atoms with Crippen LogP contribution in [0.4, 0.5) is 0 Å². The summed E-state index contributed by atoms with van der Waals surface area (Å²) in [4.78, 5) is 4.20. The first-order valence-corrected chi connectivity index (χ1v) is 7.18. The largest absolute Gasteiger partial charge is 0.386 e. The molecule has 1 aromatic rings. The van der Waals surface area contributed by atoms with Crippen molar-refractivity contribution in [2.24, 2.45) is 21.6 Å². The summed E-state index contributed by atoms with van der Waals surface area (Å²) in [5.74, 6) is -1.96. The maximum absolute atomic E-state index is 9.90. The van der Waals surface area contributed by atoms with Crippen LogP contribution in [0.2, 0.25) is 5.02 Å². The quantitative estimate of drug-likeness (QED) is 0.846. The van der Waals surface area contributed by atoms with Gasteiger partial charge in [0.15, 0.2) is 5.41 Å². The van der Waals surface area contributed by atoms with Crippen LogP contribution >= 0.6 is 11.6 Å². The van der Waals surface area contributed by atoms with Crippen molar-refractivity contribution in [1.29, 1.82) is 10.5 Å². The third kappa shape index (κ3) is 1.14. The Morgan fingerprint density at radius 1 is 1.23 bits per heavy atom. The smallest absolute Gasteiger partial charge is 0.293 e. The third-order valence-electron chi connectivity index (χ3n) is 4.82. The fourth-order valence-electron chi connectivity index (χ4n) is 3.89. The molecule has 0 unspecified atom stereocenters. The molecular formula is C15H11ClN4O2. The average molecular weight is 315 g/mol. The topological polar surface area (TPSA) is 104 Å². The van der Waals surface area contributed by atoms with Gasteiger partial charge in [-0.05, 0) is 11.6 Å². The zero-order valence-electron chi connectivity index (χ0n) is 11.4. The fraction of sp³-hybridized carbons (Fsp3) is 0.400. The molecule has 2 aliphatic heterocycles. The van der Waals surface area contributed by atoms with Crippen molar-refractivity contribution in [1.82, 2.24) is 0 Å². The van der Waals surface area contributed by atoms with Crippen LogP contribution in [0.1, 0.15) is 11.5 Å². The zero-order valence-corrected chi connectivity index (χ0v) is 12.2. The van der Waals surface area contributed by atoms with Gasteiger partial charge < -0.3 is 15.2 Å². The molecule has 2 heterocycles. The van der Waals surface area contributed by atoms with E-state index in [0.717, 1.165) is 0 Å². The van der Waals surface area contributed by atoms with Gasteiger partial charge in [0.05, 0.1) is 25.4 Å². The molecule has 1 aromatic carbocycles. The van der Waals surface area contributed by atoms with Crippen molar-refractivity contribution in [2.75, 3.05) is 13.2 Å². The number of fused-ring (bicyclic) bond motifs is 2. The van der Waals surface area contributed by atoms with Gasteiger partial charge in [-0.1, -0.05) is 29.8 Å². The number of rotatable bonds is 1. The zero-order chi connectivity index (χ0) is 15.6. The molecule has 1 aliphatic carbocycles. The first-order valence-electron chi connectivity index (χ1n) is 6.80. The minimum Gasteiger partial charge on any atom is -0.386 e. The summed E-state index contributed by atoms with van der Waals surface area (Å²) in [6, 6.07) is 11.5. The van der Waals surface area contributed by atoms with Crippen LogP contribution < -0.4 is 5.73 Å². The molecule has 0 radical (unpaired) electrons. The first-order chi connectivity index (χ1) is 10.6. The molecule has 1 saturated carbocycles. The second-order valence-electron chi connectivity index (χ2n) is 5.57. The van der Waals surface area contributed by atoms with Gasteiger partial charge in [-0.3, -0.25) is 0 Å². The number of hydrogen-bond acceptors (Lipinski definition) is 6. The van der Waals surface area contributed by atoms with Crippen LogP contribution in [0, 0.1) is 33.5 Å². The van der Waals surface area contributed by atoms with E-state index in [-0.39, 0.29) is 5.84 Å². The van der Waals surface area contributed by atoms with E-state index in [1.54, 1.807) is 18.2 Å². The number of amidine groups is 1. The van der Waals surface area contributed by atoms with Crippen LogP contribution in [0.5, 0.6) is 0 Å². The molecule has 22 heavy (non-hydrogen) atoms. The Labute approximate surface area is 131 Å². The van der Waals surface area contributed by atoms with Gasteiger partial charge in [0.2, 0.25) is 0 Å². The fourth-order valence-corrected chi connectivity index (χ4v) is 4.14. The number of hydrogen-bond donors (Lipinski definition) is 1. The van der Waals surface area contributed by atoms with E-state index in [4.69, 9.17) is 26.8 Å². The monoisotopic (exact) mass is 314 g/mol. The van der Waals surface area contributed by atoms with Gasteiger partial charge in [-0.15, -0.1) is 0 Å². The maximum Gasteiger partial charge on any atom is 0.293 e. The summed E-state index contributed by atoms with van der Waals surface area (Å²) in [6.45, 7) is 0.605. The highest BCUT2D eigenvalue weighted by Crippen LogP contribution is 2.82. The lowest BCUT2D eigenvalue weighted by atomic mass is 9.94. The maximum atomic E-state index is 9.90. The van der Waals surface area contributed by atoms with Gasteiger partial charge in [0.25, 0.3) is 5.91 Å². The molecule has 4 rings (SSSR count). The van der Waals surface area contributed by atoms with E-state index < -0.39 is 22.7 Å². The lowest BCUT2D eigenvalue weighted by molar-refractivity contribution is -0.184. The summed E-state index contributed by atoms with van der Waals surface area (Å²) in [6.07, 6.45) is 0. The van der Waals surface area contributed by atoms with Gasteiger partial charge in [-0.25, -0.2) is 4.99 Å². The molecule has 1 spiro atoms. The number of nitrogens with zero attached hydrogens (tertiary/aromatic N) is 3. The summed E-state index contributed by atoms with van der Waals surface area (Å²) in [5, 5.41) is 20.2. The van der Waals surface area contributed by atoms with Crippen molar-refractivity contribution in [3.63, 3.8) is 0 Å². The van der Waals surface area contributed by atoms with Crippen LogP contribution in [0.15, 0.2) is 29.3 Å². The van der Waals surface area contributed by atoms with Crippen LogP contribution in [0.25, 0.3) is 0 Å². The molecule has 0 aromatic heterocycles. The number of nitriles is 2. The normalized spacial score (nSPS) is 37.2. The van der Waals surface area contributed by atoms with Crippen LogP contribution in [0.3, 0.4) is 0 Å². The van der Waals surface area contributed by atoms with E-state index in [1.165, 1.54) is 0 Å². The van der Waals surface area contributed by atoms with Crippen molar-refractivity contribution in [3.05, 3.63) is 34.9 Å². The Balaban J connectivity index is 1.97. The Kier molecular flexibility index (Phi) is 2.46. The Hall–Kier alpha value is -2.12. The summed E-state index contributed by atoms with van der Waals surface area (Å²) >= 11 is 6.27. The van der Waals surface area contributed by atoms with E-state index in [1.807, 2.05) is 6.07 Å². The van der Waals surface area contributed by atoms with E-state index in [9.17, 15) is 10.5 Å². The highest BCUT2D eigenvalue weighted by atomic mass is 35.5. The molecule has 0 bridgehead atoms. The molecule has 2 fully saturated rings. The van der Waals surface area contributed by atoms with Crippen LogP contribution in [-0.4, -0.2) is 25.0 Å². The number of benzene rings is 1. The minimum absolute atomic E-state index is 0.0726. The van der Waals surface area contributed by atoms with E-state index in [0.29, 0.717) is 23.8 Å². The van der Waals surface area contributed by atoms with Gasteiger partial charge in [0, 0.05) is 10.9 Å². The number of nitrogens with two attached hydrogens (primary N) is 1. The van der Waals surface area contributed by atoms with E-state index in [2.05, 4.69) is 17.1 Å². The lowest BCUT2D eigenvalue weighted by Gasteiger charge is -2.25. The second-order valence-corrected chi connectivity index (χ2v) is 5.98. The summed E-state index contributed by atoms with van der Waals surface area (Å²) < 4.78 is 11.3. The van der Waals surface area contributed by atoms with Crippen LogP contribution in [-0.2, 0) is 9.47 Å². The molecule has 3 atom stereocenters. The molecular weight excluding hydrogens is 304 g/mol. The van der Waals surface area contributed by atoms with E-state index >= 15 is 0 Å². The molecule has 110 valence electrons. The number of ether oxygens (including phenoxy) is 2. The number of aliphatic imine (C=N–C) groups is 1. The highest BCUT2D eigenvalue weighted by molar-refractivity contribution is 6.31. The van der Waals surface area contributed by atoms with Crippen molar-refractivity contribution < 1.29 is 9.47 Å². The molecule has 2 N–H and O–H groups in total. The third-order valence-corrected chi connectivity index (χ3v) is 5.17. The van der Waals surface area contributed by atoms with Gasteiger partial charge >= 0.3 is 0 Å². The van der Waals surface area contributed by atoms with Gasteiger partial charge in [0.1, 0.15) is 11.3 Å². The Morgan fingerprint density at radius 2 is 1.91 bits per heavy atom. The summed E-state index contributed by atoms with van der Waals surface area (Å²) in [7, 11) is 0. The first kappa shape index (κ1) is 13.5. The molecule has 7 heteroatoms. The van der Waals surface area contributed by atoms with Gasteiger partial charge in [-0.2, -0.15) is 10.5 Å². The van der Waals surface area contributed by atoms with Crippen molar-refractivity contribution in [2.45, 2.75) is 11.8 Å². The lowest BCUT2D eigenvalue weighted by Crippen LogP contribution is -2.38. The number of halogens is 1. The predicted octanol–water partition coefficient (Wildman–Crippen LogP) is 1.53. The molecule has 6 nitrogen and oxygen atoms in total. The predicted molar refractivity (Wildman–Crippen MR) is 76.5 cm³/mol. The Morgan fingerprint density at radius 3 is 2.50 bits per heavy atom. The molecule has 3 aliphatic rings. The standard InChI is InChI=1S/C15H11ClN4O2/c16-10-4-2-1-3-9(10)11-13(7-17)12(19)20-15(14(11,13)8-18)21-5-6-22-15/h1-4,11H,5-6H2,(H2,19,20)/t11-,13-,14-/m1/s1. The minimum atomic E-state index is -1.51. The molecule has 1 saturated heterocycles. The van der Waals surface area contributed by atoms with Crippen molar-refractivity contribution >= 4 is 17.4 Å². The van der Waals surface area contributed by atoms with Crippen molar-refractivity contribution in [3.8, 4) is 12.1 Å². The molecule has 0 amide bonds. The average Bonchev–Trinajstić information content (AvgIpc) is 2.76. The summed E-state index contributed by atoms with van der Waals surface area (Å²) in [5.41, 5.74) is 4.14. The Bertz CT molecular complexity index is 789. The SMILES string of the molecule is N#C[C@@]12C(N)=NC3(OCCO3)[C@]1(C#N)[C@@H]2c1ccccc1Cl.